The van der Waals surface area contributed by atoms with Gasteiger partial charge in [-0.15, -0.1) is 0 Å². The molecule has 1 aromatic heterocycles. The van der Waals surface area contributed by atoms with E-state index in [1.54, 1.807) is 11.2 Å². The number of nitrogens with one attached hydrogen (secondary N) is 2. The van der Waals surface area contributed by atoms with Crippen molar-refractivity contribution in [1.82, 2.24) is 20.3 Å². The lowest BCUT2D eigenvalue weighted by Crippen LogP contribution is -2.51. The Kier molecular flexibility index (Phi) is 6.69. The standard InChI is InChI=1S/C19H25F2N7O2/c1-27(2)13-4-5-15(11(7-13)8-22)28-10-14(17(23)29)18(26-28)25-12-3-6-16(24-9-12)30-19(20)21/h3,6,9-11,13,15,18-19,25-26H,4-5,7H2,1-2H3,(H2,23,29)/t11?,13-,15+,18?/m1/s1. The highest BCUT2D eigenvalue weighted by Crippen LogP contribution is 2.32. The number of anilines is 1. The number of hydrogen-bond donors (Lipinski definition) is 3. The highest BCUT2D eigenvalue weighted by atomic mass is 19.3. The number of carbonyl (C=O) groups excluding carboxylic acids is 1. The molecule has 0 bridgehead atoms. The van der Waals surface area contributed by atoms with Crippen molar-refractivity contribution in [2.24, 2.45) is 11.7 Å². The van der Waals surface area contributed by atoms with Crippen LogP contribution in [-0.2, 0) is 4.79 Å². The van der Waals surface area contributed by atoms with Gasteiger partial charge in [0.1, 0.15) is 6.17 Å². The highest BCUT2D eigenvalue weighted by molar-refractivity contribution is 5.94. The molecule has 4 N–H and O–H groups in total. The second-order valence-electron chi connectivity index (χ2n) is 7.56. The summed E-state index contributed by atoms with van der Waals surface area (Å²) in [6.07, 6.45) is 4.76. The lowest BCUT2D eigenvalue weighted by atomic mass is 9.81. The number of aromatic nitrogens is 1. The summed E-state index contributed by atoms with van der Waals surface area (Å²) in [5.41, 5.74) is 9.50. The van der Waals surface area contributed by atoms with Crippen molar-refractivity contribution < 1.29 is 18.3 Å². The molecule has 30 heavy (non-hydrogen) atoms. The summed E-state index contributed by atoms with van der Waals surface area (Å²) in [6.45, 7) is -2.96. The first-order valence-corrected chi connectivity index (χ1v) is 9.58. The monoisotopic (exact) mass is 421 g/mol. The number of ether oxygens (including phenoxy) is 1. The van der Waals surface area contributed by atoms with Gasteiger partial charge in [0.25, 0.3) is 0 Å². The minimum Gasteiger partial charge on any atom is -0.417 e. The van der Waals surface area contributed by atoms with Gasteiger partial charge in [0.15, 0.2) is 0 Å². The fourth-order valence-electron chi connectivity index (χ4n) is 3.85. The molecule has 1 aliphatic heterocycles. The Morgan fingerprint density at radius 1 is 1.47 bits per heavy atom. The van der Waals surface area contributed by atoms with Crippen LogP contribution in [-0.4, -0.2) is 59.8 Å². The van der Waals surface area contributed by atoms with E-state index in [0.29, 0.717) is 17.3 Å². The first-order chi connectivity index (χ1) is 14.3. The van der Waals surface area contributed by atoms with E-state index in [2.05, 4.69) is 31.4 Å². The van der Waals surface area contributed by atoms with Crippen LogP contribution in [0.3, 0.4) is 0 Å². The molecular weight excluding hydrogens is 396 g/mol. The van der Waals surface area contributed by atoms with Crippen LogP contribution >= 0.6 is 0 Å². The smallest absolute Gasteiger partial charge is 0.388 e. The maximum Gasteiger partial charge on any atom is 0.388 e. The molecule has 0 radical (unpaired) electrons. The van der Waals surface area contributed by atoms with Crippen molar-refractivity contribution in [1.29, 1.82) is 5.26 Å². The van der Waals surface area contributed by atoms with Gasteiger partial charge in [0.2, 0.25) is 11.8 Å². The molecule has 1 amide bonds. The van der Waals surface area contributed by atoms with Crippen molar-refractivity contribution in [3.8, 4) is 11.9 Å². The summed E-state index contributed by atoms with van der Waals surface area (Å²) in [7, 11) is 4.01. The quantitative estimate of drug-likeness (QED) is 0.602. The van der Waals surface area contributed by atoms with Gasteiger partial charge < -0.3 is 25.7 Å². The van der Waals surface area contributed by atoms with E-state index >= 15 is 0 Å². The van der Waals surface area contributed by atoms with E-state index in [1.165, 1.54) is 18.3 Å². The second kappa shape index (κ2) is 9.23. The number of nitrogens with zero attached hydrogens (tertiary/aromatic N) is 4. The Hall–Kier alpha value is -2.97. The Balaban J connectivity index is 1.70. The van der Waals surface area contributed by atoms with E-state index in [4.69, 9.17) is 5.73 Å². The minimum absolute atomic E-state index is 0.104. The maximum atomic E-state index is 12.3. The van der Waals surface area contributed by atoms with Crippen molar-refractivity contribution in [2.45, 2.75) is 44.1 Å². The molecule has 162 valence electrons. The molecule has 2 aliphatic rings. The number of nitrogens with two attached hydrogens (primary N) is 1. The molecule has 11 heteroatoms. The zero-order valence-corrected chi connectivity index (χ0v) is 16.8. The largest absolute Gasteiger partial charge is 0.417 e. The van der Waals surface area contributed by atoms with Crippen LogP contribution in [0.15, 0.2) is 30.1 Å². The average Bonchev–Trinajstić information content (AvgIpc) is 3.12. The van der Waals surface area contributed by atoms with E-state index in [0.717, 1.165) is 19.3 Å². The van der Waals surface area contributed by atoms with Crippen molar-refractivity contribution in [3.05, 3.63) is 30.1 Å². The molecule has 0 spiro atoms. The Bertz CT molecular complexity index is 825. The van der Waals surface area contributed by atoms with Gasteiger partial charge in [-0.3, -0.25) is 4.79 Å². The number of alkyl halides is 2. The van der Waals surface area contributed by atoms with Crippen molar-refractivity contribution in [3.63, 3.8) is 0 Å². The summed E-state index contributed by atoms with van der Waals surface area (Å²) < 4.78 is 28.7. The number of amides is 1. The summed E-state index contributed by atoms with van der Waals surface area (Å²) in [5, 5.41) is 14.5. The van der Waals surface area contributed by atoms with Gasteiger partial charge in [-0.05, 0) is 39.4 Å². The number of halogens is 2. The topological polar surface area (TPSA) is 120 Å². The molecule has 0 saturated heterocycles. The van der Waals surface area contributed by atoms with Crippen LogP contribution in [0.2, 0.25) is 0 Å². The van der Waals surface area contributed by atoms with E-state index in [9.17, 15) is 18.8 Å². The summed E-state index contributed by atoms with van der Waals surface area (Å²) in [5.74, 6) is -1.03. The first kappa shape index (κ1) is 21.7. The first-order valence-electron chi connectivity index (χ1n) is 9.58. The Morgan fingerprint density at radius 2 is 2.23 bits per heavy atom. The van der Waals surface area contributed by atoms with Gasteiger partial charge in [-0.2, -0.15) is 14.0 Å². The highest BCUT2D eigenvalue weighted by Gasteiger charge is 2.39. The van der Waals surface area contributed by atoms with Crippen LogP contribution in [0.5, 0.6) is 5.88 Å². The SMILES string of the molecule is CN(C)[C@@H]1CC[C@H](N2C=C(C(N)=O)C(Nc3ccc(OC(F)F)nc3)N2)C(C#N)C1. The molecular formula is C19H25F2N7O2. The van der Waals surface area contributed by atoms with Crippen LogP contribution in [0.4, 0.5) is 14.5 Å². The zero-order valence-electron chi connectivity index (χ0n) is 16.8. The number of pyridine rings is 1. The number of rotatable bonds is 7. The van der Waals surface area contributed by atoms with Gasteiger partial charge in [-0.25, -0.2) is 10.4 Å². The van der Waals surface area contributed by atoms with Gasteiger partial charge in [-0.1, -0.05) is 0 Å². The number of primary amides is 1. The molecule has 4 atom stereocenters. The number of hydrogen-bond acceptors (Lipinski definition) is 8. The molecule has 2 unspecified atom stereocenters. The van der Waals surface area contributed by atoms with Crippen molar-refractivity contribution >= 4 is 11.6 Å². The lowest BCUT2D eigenvalue weighted by molar-refractivity contribution is -0.114. The van der Waals surface area contributed by atoms with Crippen LogP contribution in [0, 0.1) is 17.2 Å². The molecule has 9 nitrogen and oxygen atoms in total. The Labute approximate surface area is 173 Å². The maximum absolute atomic E-state index is 12.3. The molecule has 0 aromatic carbocycles. The summed E-state index contributed by atoms with van der Waals surface area (Å²) in [4.78, 5) is 17.9. The van der Waals surface area contributed by atoms with Gasteiger partial charge in [0.05, 0.1) is 35.5 Å². The van der Waals surface area contributed by atoms with Gasteiger partial charge in [0, 0.05) is 18.3 Å². The summed E-state index contributed by atoms with van der Waals surface area (Å²) in [6, 6.07) is 5.42. The number of nitriles is 1. The van der Waals surface area contributed by atoms with Crippen molar-refractivity contribution in [2.75, 3.05) is 19.4 Å². The third kappa shape index (κ3) is 4.95. The molecule has 1 aliphatic carbocycles. The molecule has 1 fully saturated rings. The molecule has 2 heterocycles. The van der Waals surface area contributed by atoms with E-state index in [-0.39, 0.29) is 17.8 Å². The van der Waals surface area contributed by atoms with Crippen LogP contribution in [0.25, 0.3) is 0 Å². The molecule has 1 saturated carbocycles. The van der Waals surface area contributed by atoms with Crippen LogP contribution < -0.4 is 21.2 Å². The second-order valence-corrected chi connectivity index (χ2v) is 7.56. The van der Waals surface area contributed by atoms with Gasteiger partial charge >= 0.3 is 6.61 Å². The Morgan fingerprint density at radius 3 is 2.80 bits per heavy atom. The van der Waals surface area contributed by atoms with Crippen LogP contribution in [0.1, 0.15) is 19.3 Å². The molecule has 1 aromatic rings. The third-order valence-electron chi connectivity index (χ3n) is 5.45. The number of hydrazine groups is 1. The fraction of sp³-hybridized carbons (Fsp3) is 0.526. The summed E-state index contributed by atoms with van der Waals surface area (Å²) >= 11 is 0. The van der Waals surface area contributed by atoms with E-state index in [1.807, 2.05) is 14.1 Å². The number of carbonyl (C=O) groups is 1. The predicted octanol–water partition coefficient (Wildman–Crippen LogP) is 1.23. The normalized spacial score (nSPS) is 26.4. The minimum atomic E-state index is -2.96. The molecule has 3 rings (SSSR count). The average molecular weight is 421 g/mol. The predicted molar refractivity (Wildman–Crippen MR) is 105 cm³/mol. The fourth-order valence-corrected chi connectivity index (χ4v) is 3.85. The lowest BCUT2D eigenvalue weighted by Gasteiger charge is -2.40. The zero-order chi connectivity index (χ0) is 21.8. The van der Waals surface area contributed by atoms with E-state index < -0.39 is 18.7 Å². The third-order valence-corrected chi connectivity index (χ3v) is 5.45.